The first-order chi connectivity index (χ1) is 19.4. The number of ether oxygens (including phenoxy) is 1. The number of likely N-dealkylation sites (tertiary alicyclic amines) is 1. The van der Waals surface area contributed by atoms with Gasteiger partial charge in [0.1, 0.15) is 5.82 Å². The van der Waals surface area contributed by atoms with Crippen molar-refractivity contribution >= 4 is 22.6 Å². The molecule has 9 heteroatoms. The molecule has 40 heavy (non-hydrogen) atoms. The van der Waals surface area contributed by atoms with Crippen molar-refractivity contribution in [1.29, 1.82) is 0 Å². The van der Waals surface area contributed by atoms with Crippen LogP contribution in [0.15, 0.2) is 60.9 Å². The molecule has 1 amide bonds. The number of hydrogen-bond acceptors (Lipinski definition) is 7. The Morgan fingerprint density at radius 3 is 2.65 bits per heavy atom. The minimum atomic E-state index is -0.258. The van der Waals surface area contributed by atoms with Crippen LogP contribution >= 0.6 is 0 Å². The number of nitrogen functional groups attached to an aromatic ring is 1. The molecular weight excluding hydrogens is 504 g/mol. The average Bonchev–Trinajstić information content (AvgIpc) is 3.34. The summed E-state index contributed by atoms with van der Waals surface area (Å²) >= 11 is 0. The third-order valence-electron chi connectivity index (χ3n) is 7.74. The fraction of sp³-hybridized carbons (Fsp3) is 0.387. The number of piperidine rings is 1. The number of aliphatic hydroxyl groups is 1. The molecule has 5 rings (SSSR count). The Morgan fingerprint density at radius 2 is 1.93 bits per heavy atom. The summed E-state index contributed by atoms with van der Waals surface area (Å²) in [7, 11) is 1.61. The number of aromatic nitrogens is 3. The van der Waals surface area contributed by atoms with Crippen LogP contribution in [0.3, 0.4) is 0 Å². The van der Waals surface area contributed by atoms with Gasteiger partial charge in [-0.2, -0.15) is 0 Å². The molecule has 1 fully saturated rings. The van der Waals surface area contributed by atoms with Crippen molar-refractivity contribution in [2.45, 2.75) is 50.6 Å². The number of carbonyl (C=O) groups is 1. The number of nitrogens with two attached hydrogens (primary N) is 2. The number of rotatable bonds is 10. The van der Waals surface area contributed by atoms with Crippen LogP contribution in [0.25, 0.3) is 22.0 Å². The van der Waals surface area contributed by atoms with E-state index >= 15 is 0 Å². The SMILES string of the molecule is COc1cc2c(cn1)cc([C@@H]1CCCN(C(=O)C[C@H](N)Cc3ccc(-c4ccc(N)nc4)cc3)C1)n2CCCO. The zero-order chi connectivity index (χ0) is 28.1. The van der Waals surface area contributed by atoms with Crippen LogP contribution in [-0.2, 0) is 17.8 Å². The molecule has 0 aliphatic carbocycles. The lowest BCUT2D eigenvalue weighted by Crippen LogP contribution is -2.42. The molecule has 0 saturated carbocycles. The summed E-state index contributed by atoms with van der Waals surface area (Å²) in [6, 6.07) is 15.8. The minimum Gasteiger partial charge on any atom is -0.481 e. The van der Waals surface area contributed by atoms with E-state index in [4.69, 9.17) is 16.2 Å². The minimum absolute atomic E-state index is 0.100. The Morgan fingerprint density at radius 1 is 1.12 bits per heavy atom. The van der Waals surface area contributed by atoms with E-state index < -0.39 is 0 Å². The number of fused-ring (bicyclic) bond motifs is 1. The molecule has 5 N–H and O–H groups in total. The zero-order valence-electron chi connectivity index (χ0n) is 23.0. The highest BCUT2D eigenvalue weighted by molar-refractivity contribution is 5.82. The predicted octanol–water partition coefficient (Wildman–Crippen LogP) is 3.74. The smallest absolute Gasteiger partial charge is 0.224 e. The Labute approximate surface area is 234 Å². The first kappa shape index (κ1) is 27.6. The second kappa shape index (κ2) is 12.5. The number of aliphatic hydroxyl groups excluding tert-OH is 1. The van der Waals surface area contributed by atoms with Crippen molar-refractivity contribution in [2.24, 2.45) is 5.73 Å². The van der Waals surface area contributed by atoms with Crippen LogP contribution in [0.1, 0.15) is 42.9 Å². The lowest BCUT2D eigenvalue weighted by Gasteiger charge is -2.34. The van der Waals surface area contributed by atoms with Crippen molar-refractivity contribution in [3.8, 4) is 17.0 Å². The summed E-state index contributed by atoms with van der Waals surface area (Å²) in [4.78, 5) is 23.8. The molecule has 0 bridgehead atoms. The Kier molecular flexibility index (Phi) is 8.62. The molecule has 1 saturated heterocycles. The number of anilines is 1. The highest BCUT2D eigenvalue weighted by Gasteiger charge is 2.28. The van der Waals surface area contributed by atoms with E-state index in [9.17, 15) is 9.90 Å². The summed E-state index contributed by atoms with van der Waals surface area (Å²) in [5, 5.41) is 10.5. The molecule has 1 aromatic carbocycles. The molecule has 0 unspecified atom stereocenters. The van der Waals surface area contributed by atoms with Crippen LogP contribution < -0.4 is 16.2 Å². The van der Waals surface area contributed by atoms with Gasteiger partial charge in [-0.05, 0) is 55.0 Å². The molecule has 4 aromatic rings. The van der Waals surface area contributed by atoms with E-state index in [0.717, 1.165) is 47.0 Å². The van der Waals surface area contributed by atoms with Crippen molar-refractivity contribution < 1.29 is 14.6 Å². The van der Waals surface area contributed by atoms with Crippen LogP contribution in [0.4, 0.5) is 5.82 Å². The van der Waals surface area contributed by atoms with E-state index in [1.54, 1.807) is 19.4 Å². The number of nitrogens with zero attached hydrogens (tertiary/aromatic N) is 4. The standard InChI is InChI=1S/C31H38N6O3/c1-40-30-17-28-25(19-35-30)15-27(37(28)12-3-13-38)24-4-2-11-36(20-24)31(39)16-26(32)14-21-5-7-22(8-6-21)23-9-10-29(33)34-18-23/h5-10,15,17-19,24,26,38H,2-4,11-14,16,20,32H2,1H3,(H2,33,34)/t24-,26-/m1/s1. The Hall–Kier alpha value is -3.95. The van der Waals surface area contributed by atoms with E-state index in [2.05, 4.69) is 32.7 Å². The van der Waals surface area contributed by atoms with Gasteiger partial charge in [0.2, 0.25) is 11.8 Å². The summed E-state index contributed by atoms with van der Waals surface area (Å²) in [5.41, 5.74) is 17.5. The summed E-state index contributed by atoms with van der Waals surface area (Å²) in [6.45, 7) is 2.23. The molecule has 1 aliphatic rings. The van der Waals surface area contributed by atoms with Gasteiger partial charge in [-0.1, -0.05) is 24.3 Å². The molecule has 4 heterocycles. The molecule has 0 radical (unpaired) electrons. The van der Waals surface area contributed by atoms with Crippen molar-refractivity contribution in [3.05, 3.63) is 72.2 Å². The number of methoxy groups -OCH3 is 1. The molecule has 210 valence electrons. The Bertz CT molecular complexity index is 1430. The molecule has 1 aliphatic heterocycles. The van der Waals surface area contributed by atoms with Gasteiger partial charge in [0.05, 0.1) is 12.6 Å². The monoisotopic (exact) mass is 542 g/mol. The fourth-order valence-corrected chi connectivity index (χ4v) is 5.67. The largest absolute Gasteiger partial charge is 0.481 e. The molecule has 2 atom stereocenters. The van der Waals surface area contributed by atoms with Gasteiger partial charge in [-0.15, -0.1) is 0 Å². The third-order valence-corrected chi connectivity index (χ3v) is 7.74. The number of amides is 1. The van der Waals surface area contributed by atoms with Crippen molar-refractivity contribution in [1.82, 2.24) is 19.4 Å². The fourth-order valence-electron chi connectivity index (χ4n) is 5.67. The normalized spacial score (nSPS) is 16.3. The molecule has 0 spiro atoms. The van der Waals surface area contributed by atoms with Gasteiger partial charge in [0.15, 0.2) is 0 Å². The first-order valence-electron chi connectivity index (χ1n) is 13.9. The maximum absolute atomic E-state index is 13.3. The summed E-state index contributed by atoms with van der Waals surface area (Å²) in [6.07, 6.45) is 7.14. The quantitative estimate of drug-likeness (QED) is 0.278. The topological polar surface area (TPSA) is 133 Å². The second-order valence-electron chi connectivity index (χ2n) is 10.6. The van der Waals surface area contributed by atoms with Crippen molar-refractivity contribution in [2.75, 3.05) is 32.5 Å². The van der Waals surface area contributed by atoms with Crippen LogP contribution in [0, 0.1) is 0 Å². The Balaban J connectivity index is 1.23. The highest BCUT2D eigenvalue weighted by Crippen LogP contribution is 2.33. The number of benzene rings is 1. The van der Waals surface area contributed by atoms with Gasteiger partial charge in [-0.25, -0.2) is 9.97 Å². The lowest BCUT2D eigenvalue weighted by atomic mass is 9.93. The van der Waals surface area contributed by atoms with E-state index in [0.29, 0.717) is 44.0 Å². The number of aryl methyl sites for hydroxylation is 1. The van der Waals surface area contributed by atoms with Crippen LogP contribution in [0.5, 0.6) is 5.88 Å². The molecule has 9 nitrogen and oxygen atoms in total. The zero-order valence-corrected chi connectivity index (χ0v) is 23.0. The van der Waals surface area contributed by atoms with Gasteiger partial charge in [-0.3, -0.25) is 4.79 Å². The van der Waals surface area contributed by atoms with Crippen LogP contribution in [0.2, 0.25) is 0 Å². The predicted molar refractivity (Wildman–Crippen MR) is 157 cm³/mol. The molecular formula is C31H38N6O3. The number of carbonyl (C=O) groups excluding carboxylic acids is 1. The van der Waals surface area contributed by atoms with Gasteiger partial charge < -0.3 is 30.8 Å². The third kappa shape index (κ3) is 6.26. The first-order valence-corrected chi connectivity index (χ1v) is 13.9. The maximum Gasteiger partial charge on any atom is 0.224 e. The average molecular weight is 543 g/mol. The van der Waals surface area contributed by atoms with E-state index in [-0.39, 0.29) is 24.5 Å². The van der Waals surface area contributed by atoms with Gasteiger partial charge in [0, 0.05) is 79.7 Å². The summed E-state index contributed by atoms with van der Waals surface area (Å²) in [5.74, 6) is 1.37. The molecule has 3 aromatic heterocycles. The summed E-state index contributed by atoms with van der Waals surface area (Å²) < 4.78 is 7.60. The number of pyridine rings is 2. The van der Waals surface area contributed by atoms with E-state index in [1.807, 2.05) is 35.4 Å². The second-order valence-corrected chi connectivity index (χ2v) is 10.6. The lowest BCUT2D eigenvalue weighted by molar-refractivity contribution is -0.132. The highest BCUT2D eigenvalue weighted by atomic mass is 16.5. The van der Waals surface area contributed by atoms with Gasteiger partial charge in [0.25, 0.3) is 0 Å². The maximum atomic E-state index is 13.3. The van der Waals surface area contributed by atoms with Crippen LogP contribution in [-0.4, -0.2) is 63.3 Å². The van der Waals surface area contributed by atoms with Crippen molar-refractivity contribution in [3.63, 3.8) is 0 Å². The van der Waals surface area contributed by atoms with E-state index in [1.165, 1.54) is 5.69 Å². The van der Waals surface area contributed by atoms with Gasteiger partial charge >= 0.3 is 0 Å². The number of hydrogen-bond donors (Lipinski definition) is 3.